The van der Waals surface area contributed by atoms with Gasteiger partial charge in [0.15, 0.2) is 5.78 Å². The van der Waals surface area contributed by atoms with Crippen LogP contribution in [-0.2, 0) is 16.0 Å². The second-order valence-corrected chi connectivity index (χ2v) is 4.68. The minimum Gasteiger partial charge on any atom is -0.494 e. The molecule has 1 fully saturated rings. The highest BCUT2D eigenvalue weighted by molar-refractivity contribution is 5.89. The molecule has 0 radical (unpaired) electrons. The van der Waals surface area contributed by atoms with Crippen molar-refractivity contribution < 1.29 is 14.3 Å². The molecule has 1 aliphatic heterocycles. The van der Waals surface area contributed by atoms with E-state index in [0.29, 0.717) is 39.0 Å². The molecule has 19 heavy (non-hydrogen) atoms. The summed E-state index contributed by atoms with van der Waals surface area (Å²) in [6, 6.07) is 7.80. The second kappa shape index (κ2) is 6.36. The predicted octanol–water partition coefficient (Wildman–Crippen LogP) is 1.82. The molecule has 0 N–H and O–H groups in total. The number of rotatable bonds is 5. The first kappa shape index (κ1) is 13.6. The van der Waals surface area contributed by atoms with Gasteiger partial charge in [-0.05, 0) is 31.0 Å². The molecule has 1 aromatic carbocycles. The lowest BCUT2D eigenvalue weighted by atomic mass is 10.1. The van der Waals surface area contributed by atoms with Crippen molar-refractivity contribution in [2.24, 2.45) is 0 Å². The Kier molecular flexibility index (Phi) is 4.55. The van der Waals surface area contributed by atoms with E-state index >= 15 is 0 Å². The first-order chi connectivity index (χ1) is 9.19. The van der Waals surface area contributed by atoms with Gasteiger partial charge in [-0.15, -0.1) is 0 Å². The van der Waals surface area contributed by atoms with Crippen LogP contribution < -0.4 is 4.74 Å². The van der Waals surface area contributed by atoms with Crippen molar-refractivity contribution in [2.75, 3.05) is 19.7 Å². The van der Waals surface area contributed by atoms with E-state index in [4.69, 9.17) is 4.74 Å². The summed E-state index contributed by atoms with van der Waals surface area (Å²) in [6.07, 6.45) is 1.67. The lowest BCUT2D eigenvalue weighted by Gasteiger charge is -2.14. The highest BCUT2D eigenvalue weighted by Gasteiger charge is 2.23. The number of likely N-dealkylation sites (tertiary alicyclic amines) is 1. The van der Waals surface area contributed by atoms with Gasteiger partial charge in [-0.1, -0.05) is 12.1 Å². The quantitative estimate of drug-likeness (QED) is 0.812. The molecule has 1 aromatic rings. The molecular formula is C15H19NO3. The monoisotopic (exact) mass is 261 g/mol. The van der Waals surface area contributed by atoms with Crippen LogP contribution in [0.1, 0.15) is 25.3 Å². The molecule has 102 valence electrons. The molecule has 0 unspecified atom stereocenters. The summed E-state index contributed by atoms with van der Waals surface area (Å²) in [5, 5.41) is 0. The molecule has 4 nitrogen and oxygen atoms in total. The van der Waals surface area contributed by atoms with Crippen molar-refractivity contribution >= 4 is 11.7 Å². The highest BCUT2D eigenvalue weighted by atomic mass is 16.5. The maximum absolute atomic E-state index is 11.9. The Hall–Kier alpha value is -1.84. The molecule has 2 rings (SSSR count). The number of amides is 1. The normalized spacial score (nSPS) is 14.8. The van der Waals surface area contributed by atoms with Gasteiger partial charge >= 0.3 is 0 Å². The van der Waals surface area contributed by atoms with Gasteiger partial charge in [0.2, 0.25) is 5.91 Å². The molecule has 1 saturated heterocycles. The summed E-state index contributed by atoms with van der Waals surface area (Å²) in [6.45, 7) is 3.48. The molecule has 0 aliphatic carbocycles. The molecule has 0 saturated carbocycles. The number of benzene rings is 1. The fraction of sp³-hybridized carbons (Fsp3) is 0.467. The van der Waals surface area contributed by atoms with Gasteiger partial charge in [0, 0.05) is 19.4 Å². The molecule has 4 heteroatoms. The maximum atomic E-state index is 11.9. The zero-order valence-corrected chi connectivity index (χ0v) is 11.2. The fourth-order valence-electron chi connectivity index (χ4n) is 2.17. The minimum absolute atomic E-state index is 0.0692. The van der Waals surface area contributed by atoms with E-state index in [0.717, 1.165) is 11.3 Å². The molecule has 0 atom stereocenters. The Morgan fingerprint density at radius 3 is 2.63 bits per heavy atom. The summed E-state index contributed by atoms with van der Waals surface area (Å²) in [7, 11) is 0. The van der Waals surface area contributed by atoms with Crippen LogP contribution in [0.5, 0.6) is 5.75 Å². The van der Waals surface area contributed by atoms with Crippen LogP contribution >= 0.6 is 0 Å². The average Bonchev–Trinajstić information content (AvgIpc) is 2.85. The number of nitrogens with zero attached hydrogens (tertiary/aromatic N) is 1. The zero-order valence-electron chi connectivity index (χ0n) is 11.2. The number of hydrogen-bond acceptors (Lipinski definition) is 3. The van der Waals surface area contributed by atoms with Crippen molar-refractivity contribution in [2.45, 2.75) is 26.2 Å². The third-order valence-corrected chi connectivity index (χ3v) is 3.24. The Morgan fingerprint density at radius 2 is 2.05 bits per heavy atom. The van der Waals surface area contributed by atoms with Crippen LogP contribution in [0.4, 0.5) is 0 Å². The number of carbonyl (C=O) groups is 2. The van der Waals surface area contributed by atoms with Gasteiger partial charge in [-0.3, -0.25) is 9.59 Å². The standard InChI is InChI=1S/C15H19NO3/c1-2-19-14-6-3-12(4-7-14)5-8-15(18)16-10-9-13(17)11-16/h3-4,6-7H,2,5,8-11H2,1H3. The van der Waals surface area contributed by atoms with E-state index in [2.05, 4.69) is 0 Å². The molecule has 1 amide bonds. The molecule has 0 bridgehead atoms. The van der Waals surface area contributed by atoms with Crippen molar-refractivity contribution in [1.82, 2.24) is 4.90 Å². The number of aryl methyl sites for hydroxylation is 1. The van der Waals surface area contributed by atoms with Gasteiger partial charge in [0.05, 0.1) is 13.2 Å². The highest BCUT2D eigenvalue weighted by Crippen LogP contribution is 2.14. The first-order valence-corrected chi connectivity index (χ1v) is 6.70. The van der Waals surface area contributed by atoms with Crippen LogP contribution in [0.2, 0.25) is 0 Å². The van der Waals surface area contributed by atoms with E-state index in [1.54, 1.807) is 4.90 Å². The number of ether oxygens (including phenoxy) is 1. The second-order valence-electron chi connectivity index (χ2n) is 4.68. The van der Waals surface area contributed by atoms with Crippen molar-refractivity contribution in [3.63, 3.8) is 0 Å². The van der Waals surface area contributed by atoms with Crippen LogP contribution in [0.25, 0.3) is 0 Å². The Labute approximate surface area is 113 Å². The molecular weight excluding hydrogens is 242 g/mol. The maximum Gasteiger partial charge on any atom is 0.223 e. The molecule has 1 aliphatic rings. The Balaban J connectivity index is 1.81. The number of Topliss-reactive ketones (excluding diaryl/α,β-unsaturated/α-hetero) is 1. The van der Waals surface area contributed by atoms with Gasteiger partial charge in [0.1, 0.15) is 5.75 Å². The summed E-state index contributed by atoms with van der Waals surface area (Å²) in [5.74, 6) is 1.08. The van der Waals surface area contributed by atoms with Crippen LogP contribution in [0.15, 0.2) is 24.3 Å². The van der Waals surface area contributed by atoms with E-state index < -0.39 is 0 Å². The number of ketones is 1. The Morgan fingerprint density at radius 1 is 1.32 bits per heavy atom. The lowest BCUT2D eigenvalue weighted by molar-refractivity contribution is -0.131. The van der Waals surface area contributed by atoms with Gasteiger partial charge < -0.3 is 9.64 Å². The van der Waals surface area contributed by atoms with E-state index in [1.165, 1.54) is 0 Å². The largest absolute Gasteiger partial charge is 0.494 e. The topological polar surface area (TPSA) is 46.6 Å². The summed E-state index contributed by atoms with van der Waals surface area (Å²) < 4.78 is 5.37. The van der Waals surface area contributed by atoms with E-state index in [-0.39, 0.29) is 11.7 Å². The third-order valence-electron chi connectivity index (χ3n) is 3.24. The predicted molar refractivity (Wildman–Crippen MR) is 72.1 cm³/mol. The minimum atomic E-state index is 0.0692. The average molecular weight is 261 g/mol. The lowest BCUT2D eigenvalue weighted by Crippen LogP contribution is -2.28. The Bertz CT molecular complexity index is 453. The smallest absolute Gasteiger partial charge is 0.223 e. The number of hydrogen-bond donors (Lipinski definition) is 0. The summed E-state index contributed by atoms with van der Waals surface area (Å²) >= 11 is 0. The molecule has 0 spiro atoms. The number of carbonyl (C=O) groups excluding carboxylic acids is 2. The van der Waals surface area contributed by atoms with Gasteiger partial charge in [-0.2, -0.15) is 0 Å². The van der Waals surface area contributed by atoms with Gasteiger partial charge in [-0.25, -0.2) is 0 Å². The molecule has 0 aromatic heterocycles. The van der Waals surface area contributed by atoms with Crippen LogP contribution in [0, 0.1) is 0 Å². The van der Waals surface area contributed by atoms with Crippen molar-refractivity contribution in [3.05, 3.63) is 29.8 Å². The van der Waals surface area contributed by atoms with Gasteiger partial charge in [0.25, 0.3) is 0 Å². The van der Waals surface area contributed by atoms with Crippen molar-refractivity contribution in [3.8, 4) is 5.75 Å². The van der Waals surface area contributed by atoms with E-state index in [1.807, 2.05) is 31.2 Å². The first-order valence-electron chi connectivity index (χ1n) is 6.70. The summed E-state index contributed by atoms with van der Waals surface area (Å²) in [5.41, 5.74) is 1.11. The van der Waals surface area contributed by atoms with E-state index in [9.17, 15) is 9.59 Å². The third kappa shape index (κ3) is 3.81. The molecule has 1 heterocycles. The van der Waals surface area contributed by atoms with Crippen LogP contribution in [0.3, 0.4) is 0 Å². The zero-order chi connectivity index (χ0) is 13.7. The van der Waals surface area contributed by atoms with Crippen LogP contribution in [-0.4, -0.2) is 36.3 Å². The SMILES string of the molecule is CCOc1ccc(CCC(=O)N2CCC(=O)C2)cc1. The summed E-state index contributed by atoms with van der Waals surface area (Å²) in [4.78, 5) is 24.7. The fourth-order valence-corrected chi connectivity index (χ4v) is 2.17. The van der Waals surface area contributed by atoms with Crippen molar-refractivity contribution in [1.29, 1.82) is 0 Å².